The van der Waals surface area contributed by atoms with E-state index in [4.69, 9.17) is 0 Å². The number of benzene rings is 1. The molecule has 1 fully saturated rings. The number of rotatable bonds is 5. The van der Waals surface area contributed by atoms with E-state index in [0.717, 1.165) is 24.8 Å². The van der Waals surface area contributed by atoms with Gasteiger partial charge >= 0.3 is 6.18 Å². The molecule has 1 aliphatic carbocycles. The smallest absolute Gasteiger partial charge is 0.352 e. The van der Waals surface area contributed by atoms with Gasteiger partial charge < -0.3 is 5.32 Å². The van der Waals surface area contributed by atoms with Crippen molar-refractivity contribution in [2.75, 3.05) is 6.54 Å². The fourth-order valence-corrected chi connectivity index (χ4v) is 2.46. The maximum atomic E-state index is 12.7. The van der Waals surface area contributed by atoms with Crippen LogP contribution in [0.2, 0.25) is 0 Å². The van der Waals surface area contributed by atoms with E-state index < -0.39 is 17.6 Å². The number of carbonyl (C=O) groups excluding carboxylic acids is 1. The summed E-state index contributed by atoms with van der Waals surface area (Å²) in [5.41, 5.74) is -0.796. The molecule has 2 rings (SSSR count). The molecule has 1 aromatic rings. The Bertz CT molecular complexity index is 498. The lowest BCUT2D eigenvalue weighted by molar-refractivity contribution is -0.138. The maximum absolute atomic E-state index is 12.7. The Balaban J connectivity index is 1.94. The van der Waals surface area contributed by atoms with E-state index in [1.807, 2.05) is 0 Å². The van der Waals surface area contributed by atoms with Crippen LogP contribution in [-0.2, 0) is 6.18 Å². The van der Waals surface area contributed by atoms with Crippen LogP contribution < -0.4 is 5.32 Å². The van der Waals surface area contributed by atoms with E-state index in [1.54, 1.807) is 0 Å². The summed E-state index contributed by atoms with van der Waals surface area (Å²) in [5, 5.41) is 2.66. The minimum absolute atomic E-state index is 0.0342. The lowest BCUT2D eigenvalue weighted by Gasteiger charge is -2.11. The zero-order chi connectivity index (χ0) is 14.8. The van der Waals surface area contributed by atoms with Crippen LogP contribution in [0.15, 0.2) is 22.7 Å². The third kappa shape index (κ3) is 4.23. The van der Waals surface area contributed by atoms with E-state index in [2.05, 4.69) is 21.2 Å². The molecule has 0 unspecified atom stereocenters. The normalized spacial score (nSPS) is 15.2. The van der Waals surface area contributed by atoms with Crippen LogP contribution in [0.3, 0.4) is 0 Å². The van der Waals surface area contributed by atoms with Crippen LogP contribution in [0, 0.1) is 5.92 Å². The Labute approximate surface area is 123 Å². The van der Waals surface area contributed by atoms with Crippen molar-refractivity contribution >= 4 is 21.8 Å². The van der Waals surface area contributed by atoms with Crippen LogP contribution >= 0.6 is 15.9 Å². The molecule has 0 atom stereocenters. The second kappa shape index (κ2) is 6.16. The summed E-state index contributed by atoms with van der Waals surface area (Å²) in [4.78, 5) is 11.8. The zero-order valence-corrected chi connectivity index (χ0v) is 12.4. The van der Waals surface area contributed by atoms with Gasteiger partial charge in [0.15, 0.2) is 0 Å². The molecule has 0 radical (unpaired) electrons. The molecule has 1 saturated carbocycles. The molecule has 6 heteroatoms. The van der Waals surface area contributed by atoms with Crippen molar-refractivity contribution in [2.45, 2.75) is 31.9 Å². The van der Waals surface area contributed by atoms with E-state index in [9.17, 15) is 18.0 Å². The van der Waals surface area contributed by atoms with Gasteiger partial charge in [-0.1, -0.05) is 28.8 Å². The second-order valence-corrected chi connectivity index (χ2v) is 5.89. The first kappa shape index (κ1) is 15.4. The summed E-state index contributed by atoms with van der Waals surface area (Å²) in [7, 11) is 0. The van der Waals surface area contributed by atoms with Crippen molar-refractivity contribution in [1.82, 2.24) is 5.32 Å². The largest absolute Gasteiger partial charge is 0.417 e. The fraction of sp³-hybridized carbons (Fsp3) is 0.500. The first-order chi connectivity index (χ1) is 9.38. The van der Waals surface area contributed by atoms with Gasteiger partial charge in [-0.05, 0) is 37.0 Å². The van der Waals surface area contributed by atoms with Crippen molar-refractivity contribution in [2.24, 2.45) is 5.92 Å². The first-order valence-electron chi connectivity index (χ1n) is 6.53. The summed E-state index contributed by atoms with van der Waals surface area (Å²) >= 11 is 2.85. The molecule has 0 bridgehead atoms. The predicted octanol–water partition coefficient (Wildman–Crippen LogP) is 4.39. The number of alkyl halides is 3. The van der Waals surface area contributed by atoms with Crippen molar-refractivity contribution in [3.63, 3.8) is 0 Å². The minimum Gasteiger partial charge on any atom is -0.352 e. The van der Waals surface area contributed by atoms with Gasteiger partial charge in [-0.2, -0.15) is 13.2 Å². The molecule has 110 valence electrons. The number of nitrogens with one attached hydrogen (secondary N) is 1. The van der Waals surface area contributed by atoms with Crippen LogP contribution in [0.25, 0.3) is 0 Å². The zero-order valence-electron chi connectivity index (χ0n) is 10.8. The number of halogens is 4. The molecule has 0 aromatic heterocycles. The highest BCUT2D eigenvalue weighted by Gasteiger charge is 2.33. The molecule has 1 aromatic carbocycles. The van der Waals surface area contributed by atoms with Gasteiger partial charge in [-0.15, -0.1) is 0 Å². The highest BCUT2D eigenvalue weighted by molar-refractivity contribution is 9.10. The molecule has 2 nitrogen and oxygen atoms in total. The number of carbonyl (C=O) groups is 1. The van der Waals surface area contributed by atoms with Gasteiger partial charge in [0.2, 0.25) is 0 Å². The Morgan fingerprint density at radius 3 is 2.65 bits per heavy atom. The monoisotopic (exact) mass is 349 g/mol. The lowest BCUT2D eigenvalue weighted by Crippen LogP contribution is -2.25. The standard InChI is InChI=1S/C14H15BrF3NO/c15-12-6-5-10(8-11(12)14(16,17)18)13(20)19-7-1-2-9-3-4-9/h5-6,8-9H,1-4,7H2,(H,19,20). The Morgan fingerprint density at radius 1 is 1.35 bits per heavy atom. The SMILES string of the molecule is O=C(NCCCC1CC1)c1ccc(Br)c(C(F)(F)F)c1. The van der Waals surface area contributed by atoms with Gasteiger partial charge in [0.25, 0.3) is 5.91 Å². The van der Waals surface area contributed by atoms with Crippen molar-refractivity contribution in [1.29, 1.82) is 0 Å². The topological polar surface area (TPSA) is 29.1 Å². The second-order valence-electron chi connectivity index (χ2n) is 5.03. The average molecular weight is 350 g/mol. The quantitative estimate of drug-likeness (QED) is 0.785. The molecule has 0 heterocycles. The van der Waals surface area contributed by atoms with Gasteiger partial charge in [-0.25, -0.2) is 0 Å². The third-order valence-electron chi connectivity index (χ3n) is 3.31. The summed E-state index contributed by atoms with van der Waals surface area (Å²) in [5.74, 6) is 0.329. The molecular weight excluding hydrogens is 335 g/mol. The Morgan fingerprint density at radius 2 is 2.05 bits per heavy atom. The number of hydrogen-bond acceptors (Lipinski definition) is 1. The average Bonchev–Trinajstić information content (AvgIpc) is 3.17. The van der Waals surface area contributed by atoms with Crippen molar-refractivity contribution < 1.29 is 18.0 Å². The summed E-state index contributed by atoms with van der Waals surface area (Å²) in [6.45, 7) is 0.507. The third-order valence-corrected chi connectivity index (χ3v) is 4.00. The van der Waals surface area contributed by atoms with Crippen LogP contribution in [0.4, 0.5) is 13.2 Å². The van der Waals surface area contributed by atoms with E-state index >= 15 is 0 Å². The summed E-state index contributed by atoms with van der Waals surface area (Å²) in [6, 6.07) is 3.51. The lowest BCUT2D eigenvalue weighted by atomic mass is 10.1. The summed E-state index contributed by atoms with van der Waals surface area (Å²) in [6.07, 6.45) is -0.000218. The Kier molecular flexibility index (Phi) is 4.73. The molecule has 20 heavy (non-hydrogen) atoms. The number of hydrogen-bond donors (Lipinski definition) is 1. The van der Waals surface area contributed by atoms with Crippen LogP contribution in [0.1, 0.15) is 41.6 Å². The highest BCUT2D eigenvalue weighted by Crippen LogP contribution is 2.35. The van der Waals surface area contributed by atoms with E-state index in [1.165, 1.54) is 25.0 Å². The van der Waals surface area contributed by atoms with Crippen LogP contribution in [0.5, 0.6) is 0 Å². The summed E-state index contributed by atoms with van der Waals surface area (Å²) < 4.78 is 38.1. The minimum atomic E-state index is -4.47. The predicted molar refractivity (Wildman–Crippen MR) is 73.4 cm³/mol. The molecule has 0 aliphatic heterocycles. The molecular formula is C14H15BrF3NO. The van der Waals surface area contributed by atoms with Crippen molar-refractivity contribution in [3.8, 4) is 0 Å². The molecule has 1 aliphatic rings. The number of amides is 1. The van der Waals surface area contributed by atoms with E-state index in [0.29, 0.717) is 6.54 Å². The fourth-order valence-electron chi connectivity index (χ4n) is 1.98. The molecule has 1 N–H and O–H groups in total. The van der Waals surface area contributed by atoms with Gasteiger partial charge in [0, 0.05) is 16.6 Å². The van der Waals surface area contributed by atoms with Crippen molar-refractivity contribution in [3.05, 3.63) is 33.8 Å². The maximum Gasteiger partial charge on any atom is 0.417 e. The van der Waals surface area contributed by atoms with E-state index in [-0.39, 0.29) is 10.0 Å². The highest BCUT2D eigenvalue weighted by atomic mass is 79.9. The Hall–Kier alpha value is -1.04. The molecule has 0 saturated heterocycles. The molecule has 1 amide bonds. The molecule has 0 spiro atoms. The van der Waals surface area contributed by atoms with Gasteiger partial charge in [0.1, 0.15) is 0 Å². The van der Waals surface area contributed by atoms with Gasteiger partial charge in [-0.3, -0.25) is 4.79 Å². The van der Waals surface area contributed by atoms with Crippen LogP contribution in [-0.4, -0.2) is 12.5 Å². The van der Waals surface area contributed by atoms with Gasteiger partial charge in [0.05, 0.1) is 5.56 Å². The first-order valence-corrected chi connectivity index (χ1v) is 7.32.